The number of aryl methyl sites for hydroxylation is 1. The van der Waals surface area contributed by atoms with E-state index in [9.17, 15) is 9.59 Å². The summed E-state index contributed by atoms with van der Waals surface area (Å²) in [7, 11) is 1.73. The minimum Gasteiger partial charge on any atom is -0.480 e. The van der Waals surface area contributed by atoms with E-state index in [0.29, 0.717) is 5.82 Å². The summed E-state index contributed by atoms with van der Waals surface area (Å²) in [4.78, 5) is 22.2. The number of aromatic nitrogens is 4. The Labute approximate surface area is 102 Å². The molecule has 2 heterocycles. The van der Waals surface area contributed by atoms with Crippen LogP contribution in [0.3, 0.4) is 0 Å². The zero-order valence-corrected chi connectivity index (χ0v) is 9.57. The van der Waals surface area contributed by atoms with Gasteiger partial charge in [0, 0.05) is 25.5 Å². The average Bonchev–Trinajstić information content (AvgIpc) is 2.87. The van der Waals surface area contributed by atoms with Crippen molar-refractivity contribution < 1.29 is 14.7 Å². The lowest BCUT2D eigenvalue weighted by molar-refractivity contribution is -0.137. The molecule has 8 nitrogen and oxygen atoms in total. The summed E-state index contributed by atoms with van der Waals surface area (Å²) >= 11 is 0. The van der Waals surface area contributed by atoms with Crippen molar-refractivity contribution in [2.45, 2.75) is 6.54 Å². The molecule has 0 atom stereocenters. The zero-order valence-electron chi connectivity index (χ0n) is 9.57. The quantitative estimate of drug-likeness (QED) is 0.791. The van der Waals surface area contributed by atoms with Gasteiger partial charge in [-0.05, 0) is 6.07 Å². The SMILES string of the molecule is Cn1ccc(NC(=O)c2ccn(CC(=O)O)n2)n1. The van der Waals surface area contributed by atoms with Crippen molar-refractivity contribution >= 4 is 17.7 Å². The monoisotopic (exact) mass is 249 g/mol. The molecule has 2 aromatic rings. The lowest BCUT2D eigenvalue weighted by Crippen LogP contribution is -2.15. The van der Waals surface area contributed by atoms with Crippen LogP contribution < -0.4 is 5.32 Å². The molecule has 1 amide bonds. The number of hydrogen-bond donors (Lipinski definition) is 2. The van der Waals surface area contributed by atoms with Crippen LogP contribution in [0.1, 0.15) is 10.5 Å². The Bertz CT molecular complexity index is 586. The van der Waals surface area contributed by atoms with Crippen molar-refractivity contribution in [1.82, 2.24) is 19.6 Å². The predicted molar refractivity (Wildman–Crippen MR) is 61.0 cm³/mol. The first-order valence-electron chi connectivity index (χ1n) is 5.11. The minimum atomic E-state index is -1.02. The number of carboxylic acid groups (broad SMARTS) is 1. The summed E-state index contributed by atoms with van der Waals surface area (Å²) in [5.41, 5.74) is 0.141. The summed E-state index contributed by atoms with van der Waals surface area (Å²) in [5.74, 6) is -1.04. The number of aliphatic carboxylic acids is 1. The van der Waals surface area contributed by atoms with Crippen molar-refractivity contribution in [3.05, 3.63) is 30.2 Å². The van der Waals surface area contributed by atoms with Gasteiger partial charge in [0.25, 0.3) is 5.91 Å². The van der Waals surface area contributed by atoms with Gasteiger partial charge in [0.05, 0.1) is 0 Å². The topological polar surface area (TPSA) is 102 Å². The standard InChI is InChI=1S/C10H11N5O3/c1-14-4-3-8(13-14)11-10(18)7-2-5-15(12-7)6-9(16)17/h2-5H,6H2,1H3,(H,16,17)(H,11,13,18). The Balaban J connectivity index is 2.05. The minimum absolute atomic E-state index is 0.141. The number of hydrogen-bond acceptors (Lipinski definition) is 4. The molecule has 0 spiro atoms. The molecular formula is C10H11N5O3. The highest BCUT2D eigenvalue weighted by molar-refractivity contribution is 6.02. The number of carbonyl (C=O) groups excluding carboxylic acids is 1. The third-order valence-corrected chi connectivity index (χ3v) is 2.13. The lowest BCUT2D eigenvalue weighted by atomic mass is 10.4. The molecule has 0 aliphatic carbocycles. The molecule has 0 radical (unpaired) electrons. The van der Waals surface area contributed by atoms with Crippen molar-refractivity contribution in [1.29, 1.82) is 0 Å². The molecule has 8 heteroatoms. The van der Waals surface area contributed by atoms with E-state index in [2.05, 4.69) is 15.5 Å². The van der Waals surface area contributed by atoms with Crippen molar-refractivity contribution in [2.24, 2.45) is 7.05 Å². The summed E-state index contributed by atoms with van der Waals surface area (Å²) in [6, 6.07) is 3.09. The Morgan fingerprint density at radius 3 is 2.72 bits per heavy atom. The average molecular weight is 249 g/mol. The van der Waals surface area contributed by atoms with Gasteiger partial charge < -0.3 is 10.4 Å². The van der Waals surface area contributed by atoms with Crippen molar-refractivity contribution in [2.75, 3.05) is 5.32 Å². The Kier molecular flexibility index (Phi) is 3.09. The molecule has 0 unspecified atom stereocenters. The number of nitrogens with one attached hydrogen (secondary N) is 1. The third-order valence-electron chi connectivity index (χ3n) is 2.13. The summed E-state index contributed by atoms with van der Waals surface area (Å²) in [6.07, 6.45) is 3.13. The molecule has 0 saturated heterocycles. The first-order valence-corrected chi connectivity index (χ1v) is 5.11. The largest absolute Gasteiger partial charge is 0.480 e. The molecule has 0 fully saturated rings. The van der Waals surface area contributed by atoms with E-state index in [-0.39, 0.29) is 12.2 Å². The van der Waals surface area contributed by atoms with Gasteiger partial charge in [0.15, 0.2) is 11.5 Å². The van der Waals surface area contributed by atoms with E-state index in [1.807, 2.05) is 0 Å². The second-order valence-electron chi connectivity index (χ2n) is 3.62. The van der Waals surface area contributed by atoms with Gasteiger partial charge >= 0.3 is 5.97 Å². The molecule has 2 N–H and O–H groups in total. The zero-order chi connectivity index (χ0) is 13.1. The molecule has 18 heavy (non-hydrogen) atoms. The van der Waals surface area contributed by atoms with Gasteiger partial charge in [-0.25, -0.2) is 0 Å². The Morgan fingerprint density at radius 1 is 1.33 bits per heavy atom. The maximum atomic E-state index is 11.7. The summed E-state index contributed by atoms with van der Waals surface area (Å²) in [6.45, 7) is -0.281. The van der Waals surface area contributed by atoms with Gasteiger partial charge in [-0.1, -0.05) is 0 Å². The smallest absolute Gasteiger partial charge is 0.325 e. The van der Waals surface area contributed by atoms with Gasteiger partial charge in [-0.2, -0.15) is 10.2 Å². The molecule has 0 aromatic carbocycles. The van der Waals surface area contributed by atoms with Crippen LogP contribution in [-0.4, -0.2) is 36.5 Å². The lowest BCUT2D eigenvalue weighted by Gasteiger charge is -1.98. The summed E-state index contributed by atoms with van der Waals surface area (Å²) in [5, 5.41) is 19.0. The van der Waals surface area contributed by atoms with Gasteiger partial charge in [-0.3, -0.25) is 19.0 Å². The van der Waals surface area contributed by atoms with Crippen LogP contribution in [-0.2, 0) is 18.4 Å². The van der Waals surface area contributed by atoms with Crippen LogP contribution in [0.5, 0.6) is 0 Å². The van der Waals surface area contributed by atoms with Gasteiger partial charge in [0.1, 0.15) is 6.54 Å². The molecule has 2 aromatic heterocycles. The molecule has 0 aliphatic rings. The number of nitrogens with zero attached hydrogens (tertiary/aromatic N) is 4. The summed E-state index contributed by atoms with van der Waals surface area (Å²) < 4.78 is 2.73. The van der Waals surface area contributed by atoms with Gasteiger partial charge in [0.2, 0.25) is 0 Å². The highest BCUT2D eigenvalue weighted by Crippen LogP contribution is 2.04. The molecular weight excluding hydrogens is 238 g/mol. The van der Waals surface area contributed by atoms with Crippen LogP contribution in [0.15, 0.2) is 24.5 Å². The second kappa shape index (κ2) is 4.70. The number of anilines is 1. The van der Waals surface area contributed by atoms with E-state index in [4.69, 9.17) is 5.11 Å². The maximum Gasteiger partial charge on any atom is 0.325 e. The highest BCUT2D eigenvalue weighted by Gasteiger charge is 2.11. The van der Waals surface area contributed by atoms with E-state index in [1.165, 1.54) is 16.9 Å². The van der Waals surface area contributed by atoms with Crippen LogP contribution in [0.4, 0.5) is 5.82 Å². The van der Waals surface area contributed by atoms with E-state index in [1.54, 1.807) is 24.0 Å². The molecule has 94 valence electrons. The third kappa shape index (κ3) is 2.73. The fourth-order valence-electron chi connectivity index (χ4n) is 1.37. The van der Waals surface area contributed by atoms with Crippen LogP contribution >= 0.6 is 0 Å². The van der Waals surface area contributed by atoms with Crippen molar-refractivity contribution in [3.63, 3.8) is 0 Å². The second-order valence-corrected chi connectivity index (χ2v) is 3.62. The van der Waals surface area contributed by atoms with E-state index < -0.39 is 11.9 Å². The van der Waals surface area contributed by atoms with E-state index >= 15 is 0 Å². The Hall–Kier alpha value is -2.64. The number of carboxylic acids is 1. The van der Waals surface area contributed by atoms with Crippen LogP contribution in [0.2, 0.25) is 0 Å². The predicted octanol–water partition coefficient (Wildman–Crippen LogP) is -0.0465. The fraction of sp³-hybridized carbons (Fsp3) is 0.200. The molecule has 2 rings (SSSR count). The normalized spacial score (nSPS) is 10.3. The molecule has 0 aliphatic heterocycles. The molecule has 0 bridgehead atoms. The first kappa shape index (κ1) is 11.8. The van der Waals surface area contributed by atoms with Crippen LogP contribution in [0, 0.1) is 0 Å². The fourth-order valence-corrected chi connectivity index (χ4v) is 1.37. The number of amides is 1. The van der Waals surface area contributed by atoms with Crippen molar-refractivity contribution in [3.8, 4) is 0 Å². The van der Waals surface area contributed by atoms with E-state index in [0.717, 1.165) is 0 Å². The number of rotatable bonds is 4. The molecule has 0 saturated carbocycles. The first-order chi connectivity index (χ1) is 8.54. The number of carbonyl (C=O) groups is 2. The maximum absolute atomic E-state index is 11.7. The van der Waals surface area contributed by atoms with Crippen LogP contribution in [0.25, 0.3) is 0 Å². The van der Waals surface area contributed by atoms with Gasteiger partial charge in [-0.15, -0.1) is 0 Å². The highest BCUT2D eigenvalue weighted by atomic mass is 16.4. The Morgan fingerprint density at radius 2 is 2.11 bits per heavy atom.